The molecule has 8 nitrogen and oxygen atoms in total. The number of nitrogens with zero attached hydrogens (tertiary/aromatic N) is 1. The number of carbonyl (C=O) groups is 1. The lowest BCUT2D eigenvalue weighted by Crippen LogP contribution is -2.54. The first-order chi connectivity index (χ1) is 11.7. The third-order valence-electron chi connectivity index (χ3n) is 4.10. The molecule has 25 heavy (non-hydrogen) atoms. The van der Waals surface area contributed by atoms with Crippen LogP contribution in [0.4, 0.5) is 5.69 Å². The van der Waals surface area contributed by atoms with E-state index in [2.05, 4.69) is 5.32 Å². The molecule has 1 aliphatic rings. The van der Waals surface area contributed by atoms with Gasteiger partial charge < -0.3 is 20.5 Å². The molecule has 1 aliphatic heterocycles. The van der Waals surface area contributed by atoms with Crippen molar-refractivity contribution in [3.8, 4) is 5.75 Å². The average Bonchev–Trinajstić information content (AvgIpc) is 2.56. The Morgan fingerprint density at radius 2 is 2.00 bits per heavy atom. The van der Waals surface area contributed by atoms with E-state index < -0.39 is 15.6 Å². The van der Waals surface area contributed by atoms with Gasteiger partial charge in [0.1, 0.15) is 16.2 Å². The molecule has 1 amide bonds. The third kappa shape index (κ3) is 4.30. The van der Waals surface area contributed by atoms with Gasteiger partial charge in [0.05, 0.1) is 6.61 Å². The number of benzene rings is 1. The molecule has 3 N–H and O–H groups in total. The Kier molecular flexibility index (Phi) is 6.04. The lowest BCUT2D eigenvalue weighted by molar-refractivity contribution is -0.124. The van der Waals surface area contributed by atoms with Crippen LogP contribution in [-0.4, -0.2) is 58.1 Å². The zero-order chi connectivity index (χ0) is 18.7. The summed E-state index contributed by atoms with van der Waals surface area (Å²) in [7, 11) is -0.847. The summed E-state index contributed by atoms with van der Waals surface area (Å²) in [5.74, 6) is -0.115. The summed E-state index contributed by atoms with van der Waals surface area (Å²) in [6.07, 6.45) is 0.831. The Hall–Kier alpha value is -1.68. The molecule has 0 radical (unpaired) electrons. The molecule has 0 unspecified atom stereocenters. The van der Waals surface area contributed by atoms with Crippen molar-refractivity contribution in [2.45, 2.75) is 30.2 Å². The Bertz CT molecular complexity index is 727. The highest BCUT2D eigenvalue weighted by Gasteiger charge is 2.36. The minimum Gasteiger partial charge on any atom is -0.492 e. The first-order valence-corrected chi connectivity index (χ1v) is 9.52. The van der Waals surface area contributed by atoms with E-state index in [1.165, 1.54) is 26.2 Å². The molecule has 1 aromatic carbocycles. The van der Waals surface area contributed by atoms with Gasteiger partial charge in [0.15, 0.2) is 0 Å². The molecule has 1 saturated heterocycles. The molecular weight excluding hydrogens is 346 g/mol. The summed E-state index contributed by atoms with van der Waals surface area (Å²) >= 11 is 0. The van der Waals surface area contributed by atoms with Crippen molar-refractivity contribution >= 4 is 21.6 Å². The molecule has 9 heteroatoms. The molecule has 1 heterocycles. The van der Waals surface area contributed by atoms with Crippen LogP contribution in [0, 0.1) is 0 Å². The number of amides is 1. The molecule has 0 spiro atoms. The lowest BCUT2D eigenvalue weighted by atomic mass is 9.90. The van der Waals surface area contributed by atoms with Crippen LogP contribution >= 0.6 is 0 Å². The fourth-order valence-corrected chi connectivity index (χ4v) is 3.53. The fraction of sp³-hybridized carbons (Fsp3) is 0.562. The molecule has 0 aliphatic carbocycles. The molecule has 0 saturated carbocycles. The minimum atomic E-state index is -3.72. The van der Waals surface area contributed by atoms with Gasteiger partial charge in [0, 0.05) is 33.0 Å². The van der Waals surface area contributed by atoms with Crippen LogP contribution in [0.3, 0.4) is 0 Å². The normalized spacial score (nSPS) is 17.3. The Balaban J connectivity index is 2.32. The SMILES string of the molecule is CCOc1ccc(NC(=O)C2(N)CCOCC2)cc1S(=O)(=O)N(C)C. The molecule has 0 atom stereocenters. The Labute approximate surface area is 148 Å². The third-order valence-corrected chi connectivity index (χ3v) is 5.93. The maximum Gasteiger partial charge on any atom is 0.246 e. The van der Waals surface area contributed by atoms with Crippen LogP contribution < -0.4 is 15.8 Å². The number of carbonyl (C=O) groups excluding carboxylic acids is 1. The Morgan fingerprint density at radius 3 is 2.56 bits per heavy atom. The van der Waals surface area contributed by atoms with E-state index in [9.17, 15) is 13.2 Å². The summed E-state index contributed by atoms with van der Waals surface area (Å²) in [5, 5.41) is 2.71. The number of ether oxygens (including phenoxy) is 2. The molecule has 2 rings (SSSR count). The van der Waals surface area contributed by atoms with Crippen molar-refractivity contribution < 1.29 is 22.7 Å². The fourth-order valence-electron chi connectivity index (χ4n) is 2.48. The van der Waals surface area contributed by atoms with Gasteiger partial charge in [0.25, 0.3) is 0 Å². The van der Waals surface area contributed by atoms with Gasteiger partial charge >= 0.3 is 0 Å². The lowest BCUT2D eigenvalue weighted by Gasteiger charge is -2.31. The topological polar surface area (TPSA) is 111 Å². The Morgan fingerprint density at radius 1 is 1.36 bits per heavy atom. The van der Waals surface area contributed by atoms with Crippen molar-refractivity contribution in [3.63, 3.8) is 0 Å². The minimum absolute atomic E-state index is 0.00445. The van der Waals surface area contributed by atoms with Gasteiger partial charge in [0.2, 0.25) is 15.9 Å². The summed E-state index contributed by atoms with van der Waals surface area (Å²) < 4.78 is 36.8. The smallest absolute Gasteiger partial charge is 0.246 e. The second kappa shape index (κ2) is 7.69. The monoisotopic (exact) mass is 371 g/mol. The van der Waals surface area contributed by atoms with Crippen LogP contribution in [0.15, 0.2) is 23.1 Å². The molecule has 0 aromatic heterocycles. The number of nitrogens with two attached hydrogens (primary N) is 1. The first kappa shape index (κ1) is 19.6. The van der Waals surface area contributed by atoms with Crippen LogP contribution in [0.5, 0.6) is 5.75 Å². The van der Waals surface area contributed by atoms with Crippen LogP contribution in [0.2, 0.25) is 0 Å². The highest BCUT2D eigenvalue weighted by Crippen LogP contribution is 2.30. The number of hydrogen-bond acceptors (Lipinski definition) is 6. The summed E-state index contributed by atoms with van der Waals surface area (Å²) in [4.78, 5) is 12.5. The van der Waals surface area contributed by atoms with E-state index in [-0.39, 0.29) is 16.6 Å². The second-order valence-electron chi connectivity index (χ2n) is 6.10. The standard InChI is InChI=1S/C16H25N3O5S/c1-4-24-13-6-5-12(11-14(13)25(21,22)19(2)3)18-15(20)16(17)7-9-23-10-8-16/h5-6,11H,4,7-10,17H2,1-3H3,(H,18,20). The van der Waals surface area contributed by atoms with Crippen LogP contribution in [-0.2, 0) is 19.6 Å². The van der Waals surface area contributed by atoms with E-state index in [0.717, 1.165) is 4.31 Å². The van der Waals surface area contributed by atoms with E-state index in [1.54, 1.807) is 13.0 Å². The van der Waals surface area contributed by atoms with Gasteiger partial charge in [-0.05, 0) is 38.0 Å². The molecule has 1 aromatic rings. The summed E-state index contributed by atoms with van der Waals surface area (Å²) in [5.41, 5.74) is 5.49. The summed E-state index contributed by atoms with van der Waals surface area (Å²) in [6, 6.07) is 4.52. The van der Waals surface area contributed by atoms with E-state index in [4.69, 9.17) is 15.2 Å². The van der Waals surface area contributed by atoms with Crippen molar-refractivity contribution in [3.05, 3.63) is 18.2 Å². The van der Waals surface area contributed by atoms with E-state index in [0.29, 0.717) is 38.3 Å². The van der Waals surface area contributed by atoms with Gasteiger partial charge in [-0.15, -0.1) is 0 Å². The first-order valence-electron chi connectivity index (χ1n) is 8.08. The zero-order valence-corrected chi connectivity index (χ0v) is 15.6. The zero-order valence-electron chi connectivity index (χ0n) is 14.7. The molecule has 1 fully saturated rings. The van der Waals surface area contributed by atoms with E-state index in [1.807, 2.05) is 0 Å². The van der Waals surface area contributed by atoms with Gasteiger partial charge in [-0.2, -0.15) is 0 Å². The number of sulfonamides is 1. The highest BCUT2D eigenvalue weighted by atomic mass is 32.2. The maximum atomic E-state index is 12.5. The number of anilines is 1. The number of nitrogens with one attached hydrogen (secondary N) is 1. The number of rotatable bonds is 6. The van der Waals surface area contributed by atoms with Gasteiger partial charge in [-0.25, -0.2) is 12.7 Å². The van der Waals surface area contributed by atoms with Crippen LogP contribution in [0.25, 0.3) is 0 Å². The molecular formula is C16H25N3O5S. The van der Waals surface area contributed by atoms with Crippen molar-refractivity contribution in [1.29, 1.82) is 0 Å². The quantitative estimate of drug-likeness (QED) is 0.764. The second-order valence-corrected chi connectivity index (χ2v) is 8.22. The van der Waals surface area contributed by atoms with Crippen LogP contribution in [0.1, 0.15) is 19.8 Å². The highest BCUT2D eigenvalue weighted by molar-refractivity contribution is 7.89. The van der Waals surface area contributed by atoms with Crippen molar-refractivity contribution in [2.24, 2.45) is 5.73 Å². The van der Waals surface area contributed by atoms with Gasteiger partial charge in [-0.1, -0.05) is 0 Å². The molecule has 140 valence electrons. The predicted octanol–water partition coefficient (Wildman–Crippen LogP) is 0.782. The van der Waals surface area contributed by atoms with E-state index >= 15 is 0 Å². The van der Waals surface area contributed by atoms with Crippen molar-refractivity contribution in [2.75, 3.05) is 39.2 Å². The average molecular weight is 371 g/mol. The molecule has 0 bridgehead atoms. The largest absolute Gasteiger partial charge is 0.492 e. The predicted molar refractivity (Wildman–Crippen MR) is 94.1 cm³/mol. The van der Waals surface area contributed by atoms with Gasteiger partial charge in [-0.3, -0.25) is 4.79 Å². The summed E-state index contributed by atoms with van der Waals surface area (Å²) in [6.45, 7) is 2.94. The number of hydrogen-bond donors (Lipinski definition) is 2. The van der Waals surface area contributed by atoms with Crippen molar-refractivity contribution in [1.82, 2.24) is 4.31 Å². The maximum absolute atomic E-state index is 12.5.